The third-order valence-electron chi connectivity index (χ3n) is 2.96. The van der Waals surface area contributed by atoms with Gasteiger partial charge in [-0.25, -0.2) is 0 Å². The first-order valence-electron chi connectivity index (χ1n) is 5.69. The van der Waals surface area contributed by atoms with Crippen LogP contribution in [0.5, 0.6) is 5.75 Å². The lowest BCUT2D eigenvalue weighted by Crippen LogP contribution is -2.20. The van der Waals surface area contributed by atoms with Crippen LogP contribution in [0.3, 0.4) is 0 Å². The van der Waals surface area contributed by atoms with E-state index in [0.717, 1.165) is 23.7 Å². The van der Waals surface area contributed by atoms with Gasteiger partial charge in [0.05, 0.1) is 0 Å². The Hall–Kier alpha value is -0.710. The molecule has 5 heteroatoms. The van der Waals surface area contributed by atoms with Crippen molar-refractivity contribution in [2.45, 2.75) is 33.1 Å². The fourth-order valence-corrected chi connectivity index (χ4v) is 2.16. The molecule has 0 aliphatic rings. The van der Waals surface area contributed by atoms with Crippen LogP contribution in [0.2, 0.25) is 0 Å². The summed E-state index contributed by atoms with van der Waals surface area (Å²) < 4.78 is 39.8. The quantitative estimate of drug-likeness (QED) is 0.697. The van der Waals surface area contributed by atoms with Crippen LogP contribution in [-0.4, -0.2) is 11.7 Å². The summed E-state index contributed by atoms with van der Waals surface area (Å²) in [5.41, 5.74) is 1.13. The van der Waals surface area contributed by atoms with E-state index >= 15 is 0 Å². The Morgan fingerprint density at radius 3 is 2.11 bits per heavy atom. The Morgan fingerprint density at radius 1 is 1.17 bits per heavy atom. The van der Waals surface area contributed by atoms with Crippen molar-refractivity contribution in [1.82, 2.24) is 0 Å². The number of hydrogen-bond acceptors (Lipinski definition) is 1. The molecule has 0 aliphatic carbocycles. The SMILES string of the molecule is CCC(C)(CBr)Cc1ccc(OC(F)(F)F)cc1. The largest absolute Gasteiger partial charge is 0.573 e. The van der Waals surface area contributed by atoms with Crippen LogP contribution in [0.15, 0.2) is 24.3 Å². The molecule has 1 atom stereocenters. The number of rotatable bonds is 5. The van der Waals surface area contributed by atoms with E-state index in [2.05, 4.69) is 34.5 Å². The van der Waals surface area contributed by atoms with Crippen LogP contribution in [0.1, 0.15) is 25.8 Å². The fourth-order valence-electron chi connectivity index (χ4n) is 1.57. The number of alkyl halides is 4. The Bertz CT molecular complexity index is 369. The van der Waals surface area contributed by atoms with E-state index in [1.54, 1.807) is 12.1 Å². The lowest BCUT2D eigenvalue weighted by atomic mass is 9.83. The van der Waals surface area contributed by atoms with Gasteiger partial charge in [0, 0.05) is 5.33 Å². The highest BCUT2D eigenvalue weighted by Crippen LogP contribution is 2.30. The van der Waals surface area contributed by atoms with Crippen molar-refractivity contribution in [1.29, 1.82) is 0 Å². The molecular formula is C13H16BrF3O. The van der Waals surface area contributed by atoms with Gasteiger partial charge in [0.1, 0.15) is 5.75 Å². The summed E-state index contributed by atoms with van der Waals surface area (Å²) in [6, 6.07) is 6.07. The first-order valence-corrected chi connectivity index (χ1v) is 6.81. The van der Waals surface area contributed by atoms with E-state index < -0.39 is 6.36 Å². The molecule has 0 fully saturated rings. The summed E-state index contributed by atoms with van der Waals surface area (Å²) in [6.07, 6.45) is -2.81. The molecule has 102 valence electrons. The average molecular weight is 325 g/mol. The summed E-state index contributed by atoms with van der Waals surface area (Å²) in [5, 5.41) is 0.858. The van der Waals surface area contributed by atoms with Crippen LogP contribution in [-0.2, 0) is 6.42 Å². The zero-order chi connectivity index (χ0) is 13.8. The molecule has 1 aromatic rings. The zero-order valence-corrected chi connectivity index (χ0v) is 11.9. The maximum absolute atomic E-state index is 12.0. The van der Waals surface area contributed by atoms with Gasteiger partial charge in [-0.2, -0.15) is 0 Å². The average Bonchev–Trinajstić information content (AvgIpc) is 2.30. The van der Waals surface area contributed by atoms with Crippen molar-refractivity contribution >= 4 is 15.9 Å². The zero-order valence-electron chi connectivity index (χ0n) is 10.4. The fraction of sp³-hybridized carbons (Fsp3) is 0.538. The summed E-state index contributed by atoms with van der Waals surface area (Å²) in [6.45, 7) is 4.24. The highest BCUT2D eigenvalue weighted by atomic mass is 79.9. The molecule has 0 amide bonds. The summed E-state index contributed by atoms with van der Waals surface area (Å²) >= 11 is 3.47. The molecule has 0 aliphatic heterocycles. The molecule has 0 bridgehead atoms. The molecule has 0 saturated heterocycles. The molecule has 1 rings (SSSR count). The lowest BCUT2D eigenvalue weighted by molar-refractivity contribution is -0.274. The molecule has 0 aromatic heterocycles. The van der Waals surface area contributed by atoms with E-state index in [1.807, 2.05) is 0 Å². The van der Waals surface area contributed by atoms with Gasteiger partial charge in [0.25, 0.3) is 0 Å². The van der Waals surface area contributed by atoms with Crippen molar-refractivity contribution in [3.05, 3.63) is 29.8 Å². The highest BCUT2D eigenvalue weighted by Gasteiger charge is 2.31. The second-order valence-electron chi connectivity index (χ2n) is 4.67. The third kappa shape index (κ3) is 4.88. The summed E-state index contributed by atoms with van der Waals surface area (Å²) in [7, 11) is 0. The van der Waals surface area contributed by atoms with E-state index in [1.165, 1.54) is 12.1 Å². The van der Waals surface area contributed by atoms with E-state index in [9.17, 15) is 13.2 Å². The van der Waals surface area contributed by atoms with Crippen molar-refractivity contribution in [2.24, 2.45) is 5.41 Å². The Kier molecular flexibility index (Phi) is 5.08. The Labute approximate surface area is 113 Å². The third-order valence-corrected chi connectivity index (χ3v) is 4.32. The minimum Gasteiger partial charge on any atom is -0.406 e. The predicted molar refractivity (Wildman–Crippen MR) is 69.0 cm³/mol. The molecule has 0 spiro atoms. The van der Waals surface area contributed by atoms with Gasteiger partial charge < -0.3 is 4.74 Å². The molecular weight excluding hydrogens is 309 g/mol. The van der Waals surface area contributed by atoms with Crippen LogP contribution in [0, 0.1) is 5.41 Å². The maximum Gasteiger partial charge on any atom is 0.573 e. The van der Waals surface area contributed by atoms with Crippen molar-refractivity contribution in [2.75, 3.05) is 5.33 Å². The molecule has 0 saturated carbocycles. The molecule has 1 nitrogen and oxygen atoms in total. The van der Waals surface area contributed by atoms with E-state index in [-0.39, 0.29) is 11.2 Å². The smallest absolute Gasteiger partial charge is 0.406 e. The van der Waals surface area contributed by atoms with Gasteiger partial charge in [-0.1, -0.05) is 41.9 Å². The minimum absolute atomic E-state index is 0.117. The number of benzene rings is 1. The number of halogens is 4. The van der Waals surface area contributed by atoms with Crippen LogP contribution >= 0.6 is 15.9 Å². The normalized spacial score (nSPS) is 15.2. The molecule has 0 N–H and O–H groups in total. The van der Waals surface area contributed by atoms with Gasteiger partial charge >= 0.3 is 6.36 Å². The molecule has 18 heavy (non-hydrogen) atoms. The van der Waals surface area contributed by atoms with Crippen LogP contribution in [0.4, 0.5) is 13.2 Å². The summed E-state index contributed by atoms with van der Waals surface area (Å²) in [5.74, 6) is -0.178. The van der Waals surface area contributed by atoms with Gasteiger partial charge in [0.15, 0.2) is 0 Å². The predicted octanol–water partition coefficient (Wildman–Crippen LogP) is 4.94. The second kappa shape index (κ2) is 5.95. The van der Waals surface area contributed by atoms with Gasteiger partial charge in [-0.05, 0) is 36.0 Å². The standard InChI is InChI=1S/C13H16BrF3O/c1-3-12(2,9-14)8-10-4-6-11(7-5-10)18-13(15,16)17/h4-7H,3,8-9H2,1-2H3. The van der Waals surface area contributed by atoms with Crippen LogP contribution < -0.4 is 4.74 Å². The van der Waals surface area contributed by atoms with Gasteiger partial charge in [-0.15, -0.1) is 13.2 Å². The lowest BCUT2D eigenvalue weighted by Gasteiger charge is -2.25. The summed E-state index contributed by atoms with van der Waals surface area (Å²) in [4.78, 5) is 0. The van der Waals surface area contributed by atoms with E-state index in [0.29, 0.717) is 0 Å². The number of ether oxygens (including phenoxy) is 1. The topological polar surface area (TPSA) is 9.23 Å². The molecule has 1 unspecified atom stereocenters. The number of hydrogen-bond donors (Lipinski definition) is 0. The van der Waals surface area contributed by atoms with Crippen molar-refractivity contribution < 1.29 is 17.9 Å². The first-order chi connectivity index (χ1) is 8.28. The van der Waals surface area contributed by atoms with E-state index in [4.69, 9.17) is 0 Å². The molecule has 0 radical (unpaired) electrons. The van der Waals surface area contributed by atoms with Crippen molar-refractivity contribution in [3.8, 4) is 5.75 Å². The Balaban J connectivity index is 2.71. The highest BCUT2D eigenvalue weighted by molar-refractivity contribution is 9.09. The molecule has 1 aromatic carbocycles. The van der Waals surface area contributed by atoms with Crippen molar-refractivity contribution in [3.63, 3.8) is 0 Å². The molecule has 0 heterocycles. The monoisotopic (exact) mass is 324 g/mol. The van der Waals surface area contributed by atoms with Crippen LogP contribution in [0.25, 0.3) is 0 Å². The van der Waals surface area contributed by atoms with Gasteiger partial charge in [0.2, 0.25) is 0 Å². The maximum atomic E-state index is 12.0. The Morgan fingerprint density at radius 2 is 1.72 bits per heavy atom. The second-order valence-corrected chi connectivity index (χ2v) is 5.23. The van der Waals surface area contributed by atoms with Gasteiger partial charge in [-0.3, -0.25) is 0 Å². The first kappa shape index (κ1) is 15.3. The minimum atomic E-state index is -4.63.